The van der Waals surface area contributed by atoms with Crippen molar-refractivity contribution in [2.45, 2.75) is 192 Å². The summed E-state index contributed by atoms with van der Waals surface area (Å²) in [7, 11) is 2.38. The number of aliphatic hydroxyl groups excluding tert-OH is 3. The number of rotatable bonds is 11. The Bertz CT molecular complexity index is 1770. The summed E-state index contributed by atoms with van der Waals surface area (Å²) in [5.74, 6) is -11.7. The van der Waals surface area contributed by atoms with Gasteiger partial charge in [-0.05, 0) is 33.1 Å². The molecule has 4 aliphatic rings. The molecule has 6 N–H and O–H groups in total. The van der Waals surface area contributed by atoms with E-state index in [-0.39, 0.29) is 32.1 Å². The Balaban J connectivity index is 1.90. The fourth-order valence-electron chi connectivity index (χ4n) is 9.07. The number of aliphatic hydroxyl groups is 6. The van der Waals surface area contributed by atoms with E-state index in [1.165, 1.54) is 53.0 Å². The van der Waals surface area contributed by atoms with Gasteiger partial charge >= 0.3 is 23.9 Å². The van der Waals surface area contributed by atoms with Crippen LogP contribution in [0.3, 0.4) is 0 Å². The zero-order chi connectivity index (χ0) is 48.5. The number of hydrogen-bond acceptors (Lipinski definition) is 18. The first-order chi connectivity index (χ1) is 30.3. The Labute approximate surface area is 381 Å². The minimum absolute atomic E-state index is 0.102. The summed E-state index contributed by atoms with van der Waals surface area (Å²) < 4.78 is 46.6. The highest BCUT2D eigenvalue weighted by molar-refractivity contribution is 5.83. The minimum atomic E-state index is -2.68. The summed E-state index contributed by atoms with van der Waals surface area (Å²) in [6.45, 7) is 11.2. The molecule has 4 heterocycles. The second-order valence-corrected chi connectivity index (χ2v) is 19.0. The number of cyclic esters (lactones) is 1. The molecule has 6 bridgehead atoms. The first-order valence-electron chi connectivity index (χ1n) is 22.5. The number of allylic oxidation sites excluding steroid dienone is 3. The Hall–Kier alpha value is -3.56. The lowest BCUT2D eigenvalue weighted by Crippen LogP contribution is -2.68. The van der Waals surface area contributed by atoms with Crippen molar-refractivity contribution < 1.29 is 87.7 Å². The van der Waals surface area contributed by atoms with Gasteiger partial charge in [0.15, 0.2) is 24.0 Å². The summed E-state index contributed by atoms with van der Waals surface area (Å²) in [5.41, 5.74) is -2.28. The number of hydrogen-bond donors (Lipinski definition) is 6. The fraction of sp³-hybridized carbons (Fsp3) is 0.745. The Morgan fingerprint density at radius 1 is 0.923 bits per heavy atom. The molecule has 0 spiro atoms. The van der Waals surface area contributed by atoms with Crippen LogP contribution in [0.2, 0.25) is 0 Å². The van der Waals surface area contributed by atoms with Gasteiger partial charge in [-0.25, -0.2) is 9.59 Å². The van der Waals surface area contributed by atoms with Gasteiger partial charge in [0.25, 0.3) is 0 Å². The topological polar surface area (TPSA) is 263 Å². The van der Waals surface area contributed by atoms with Crippen LogP contribution < -0.4 is 0 Å². The van der Waals surface area contributed by atoms with Crippen molar-refractivity contribution in [3.05, 3.63) is 48.1 Å². The highest BCUT2D eigenvalue weighted by atomic mass is 16.7. The van der Waals surface area contributed by atoms with E-state index in [2.05, 4.69) is 0 Å². The monoisotopic (exact) mass is 924 g/mol. The van der Waals surface area contributed by atoms with Gasteiger partial charge in [-0.2, -0.15) is 0 Å². The van der Waals surface area contributed by atoms with Crippen LogP contribution in [0.25, 0.3) is 0 Å². The SMILES string of the molecule is CCC/C=C/C=C/C(=O)O[C@H]1[C@H](CC(=O)OC)C[C@@]2(O)C[C@H]([C@@H](C)O)OC(=O)C[C@H](O)C[C@@H]3C[C@H](O[C@@H](C)O)C(C)(C)[C@](O)(C[C@@H]4C/C(=C/C(=O)OC)C[C@H](/C=C/C(C)(C)[C@]1(O)O2)O4)O3. The molecule has 0 saturated carbocycles. The third-order valence-electron chi connectivity index (χ3n) is 12.9. The van der Waals surface area contributed by atoms with Crippen molar-refractivity contribution in [1.82, 2.24) is 0 Å². The molecule has 0 amide bonds. The molecule has 4 aliphatic heterocycles. The number of carbonyl (C=O) groups excluding carboxylic acids is 4. The molecule has 0 aromatic carbocycles. The molecule has 3 saturated heterocycles. The Kier molecular flexibility index (Phi) is 18.7. The van der Waals surface area contributed by atoms with Gasteiger partial charge < -0.3 is 68.5 Å². The van der Waals surface area contributed by atoms with Crippen LogP contribution in [-0.4, -0.2) is 141 Å². The molecular weight excluding hydrogens is 852 g/mol. The normalized spacial score (nSPS) is 37.7. The zero-order valence-electron chi connectivity index (χ0n) is 39.2. The second-order valence-electron chi connectivity index (χ2n) is 19.0. The Morgan fingerprint density at radius 2 is 1.63 bits per heavy atom. The smallest absolute Gasteiger partial charge is 0.331 e. The van der Waals surface area contributed by atoms with Crippen LogP contribution in [0.15, 0.2) is 48.1 Å². The summed E-state index contributed by atoms with van der Waals surface area (Å²) in [6.07, 6.45) is -0.762. The van der Waals surface area contributed by atoms with Gasteiger partial charge in [0, 0.05) is 61.0 Å². The lowest BCUT2D eigenvalue weighted by Gasteiger charge is -2.55. The molecule has 13 atom stereocenters. The van der Waals surface area contributed by atoms with Crippen LogP contribution >= 0.6 is 0 Å². The van der Waals surface area contributed by atoms with Crippen molar-refractivity contribution in [2.24, 2.45) is 16.7 Å². The van der Waals surface area contributed by atoms with Crippen molar-refractivity contribution >= 4 is 23.9 Å². The van der Waals surface area contributed by atoms with E-state index in [9.17, 15) is 49.8 Å². The van der Waals surface area contributed by atoms with E-state index in [1.807, 2.05) is 13.0 Å². The summed E-state index contributed by atoms with van der Waals surface area (Å²) in [4.78, 5) is 52.5. The molecule has 0 aliphatic carbocycles. The molecule has 4 rings (SSSR count). The predicted octanol–water partition coefficient (Wildman–Crippen LogP) is 3.47. The van der Waals surface area contributed by atoms with Crippen molar-refractivity contribution in [2.75, 3.05) is 14.2 Å². The Morgan fingerprint density at radius 3 is 2.26 bits per heavy atom. The maximum atomic E-state index is 13.5. The molecule has 368 valence electrons. The number of unbranched alkanes of at least 4 members (excludes halogenated alkanes) is 1. The van der Waals surface area contributed by atoms with Gasteiger partial charge in [-0.15, -0.1) is 0 Å². The average Bonchev–Trinajstić information content (AvgIpc) is 3.19. The van der Waals surface area contributed by atoms with Crippen LogP contribution in [0, 0.1) is 16.7 Å². The standard InChI is InChI=1S/C47H72O18/c1-10-11-12-13-14-15-38(51)63-42-31(21-40(53)59-9)25-45(55)27-36(28(2)48)62-41(54)23-32(50)22-34-24-37(60-29(3)49)44(6,7)46(56,64-34)26-35-19-30(20-39(52)58-8)18-33(61-35)16-17-43(4,5)47(42,57)65-45/h12-17,20,28-29,31-37,42,48-50,55-57H,10-11,18-19,21-27H2,1-9H3/b13-12+,15-14+,17-16+,30-20+/t28-,29+,31-,32-,33+,34-,35+,36-,37+,42+,45+,46+,47-/m1/s1. The van der Waals surface area contributed by atoms with Crippen molar-refractivity contribution in [3.63, 3.8) is 0 Å². The predicted molar refractivity (Wildman–Crippen MR) is 231 cm³/mol. The molecule has 0 radical (unpaired) electrons. The molecule has 18 nitrogen and oxygen atoms in total. The van der Waals surface area contributed by atoms with Crippen LogP contribution in [0.5, 0.6) is 0 Å². The van der Waals surface area contributed by atoms with Gasteiger partial charge in [0.05, 0.1) is 63.7 Å². The first-order valence-corrected chi connectivity index (χ1v) is 22.5. The van der Waals surface area contributed by atoms with Gasteiger partial charge in [-0.3, -0.25) is 9.59 Å². The maximum Gasteiger partial charge on any atom is 0.331 e. The molecule has 0 aromatic heterocycles. The largest absolute Gasteiger partial charge is 0.469 e. The summed E-state index contributed by atoms with van der Waals surface area (Å²) in [6, 6.07) is 0. The van der Waals surface area contributed by atoms with Gasteiger partial charge in [0.2, 0.25) is 5.79 Å². The van der Waals surface area contributed by atoms with Gasteiger partial charge in [0.1, 0.15) is 6.10 Å². The number of fused-ring (bicyclic) bond motifs is 6. The maximum absolute atomic E-state index is 13.5. The summed E-state index contributed by atoms with van der Waals surface area (Å²) >= 11 is 0. The van der Waals surface area contributed by atoms with Crippen LogP contribution in [0.4, 0.5) is 0 Å². The third-order valence-corrected chi connectivity index (χ3v) is 12.9. The lowest BCUT2D eigenvalue weighted by molar-refractivity contribution is -0.424. The van der Waals surface area contributed by atoms with E-state index >= 15 is 0 Å². The lowest BCUT2D eigenvalue weighted by atomic mass is 9.70. The molecule has 18 heteroatoms. The average molecular weight is 925 g/mol. The van der Waals surface area contributed by atoms with Crippen LogP contribution in [0.1, 0.15) is 119 Å². The minimum Gasteiger partial charge on any atom is -0.469 e. The van der Waals surface area contributed by atoms with E-state index in [0.29, 0.717) is 5.57 Å². The highest BCUT2D eigenvalue weighted by Gasteiger charge is 2.63. The van der Waals surface area contributed by atoms with Gasteiger partial charge in [-0.1, -0.05) is 77.0 Å². The van der Waals surface area contributed by atoms with Crippen molar-refractivity contribution in [1.29, 1.82) is 0 Å². The van der Waals surface area contributed by atoms with Crippen LogP contribution in [-0.2, 0) is 57.1 Å². The van der Waals surface area contributed by atoms with E-state index in [4.69, 9.17) is 37.9 Å². The molecular formula is C47H72O18. The number of methoxy groups -OCH3 is 2. The highest BCUT2D eigenvalue weighted by Crippen LogP contribution is 2.52. The second kappa shape index (κ2) is 22.5. The quantitative estimate of drug-likeness (QED) is 0.0433. The third kappa shape index (κ3) is 14.0. The summed E-state index contributed by atoms with van der Waals surface area (Å²) in [5, 5.41) is 70.4. The van der Waals surface area contributed by atoms with E-state index < -0.39 is 139 Å². The fourth-order valence-corrected chi connectivity index (χ4v) is 9.07. The number of esters is 4. The van der Waals surface area contributed by atoms with E-state index in [1.54, 1.807) is 26.0 Å². The number of ether oxygens (including phenoxy) is 8. The molecule has 3 fully saturated rings. The van der Waals surface area contributed by atoms with Crippen molar-refractivity contribution in [3.8, 4) is 0 Å². The molecule has 0 aromatic rings. The zero-order valence-corrected chi connectivity index (χ0v) is 39.2. The molecule has 0 unspecified atom stereocenters. The van der Waals surface area contributed by atoms with E-state index in [0.717, 1.165) is 26.0 Å². The first kappa shape index (κ1) is 54.0. The number of carbonyl (C=O) groups is 4. The molecule has 65 heavy (non-hydrogen) atoms.